The van der Waals surface area contributed by atoms with E-state index in [9.17, 15) is 0 Å². The average Bonchev–Trinajstić information content (AvgIpc) is 2.83. The van der Waals surface area contributed by atoms with Crippen LogP contribution in [0.1, 0.15) is 17.5 Å². The van der Waals surface area contributed by atoms with Gasteiger partial charge in [-0.3, -0.25) is 4.90 Å². The standard InChI is InChI=1S/C13H20N2O/c1-15(13-6-7-16-10-13)9-12-5-3-2-4-11(12)8-14/h2-5,13H,6-10,14H2,1H3. The molecule has 0 aliphatic carbocycles. The van der Waals surface area contributed by atoms with Gasteiger partial charge in [-0.15, -0.1) is 0 Å². The Labute approximate surface area is 97.2 Å². The molecule has 1 heterocycles. The third-order valence-electron chi connectivity index (χ3n) is 3.29. The molecule has 1 atom stereocenters. The van der Waals surface area contributed by atoms with Gasteiger partial charge in [-0.05, 0) is 24.6 Å². The first-order valence-corrected chi connectivity index (χ1v) is 5.86. The molecule has 2 N–H and O–H groups in total. The van der Waals surface area contributed by atoms with E-state index in [1.54, 1.807) is 0 Å². The molecule has 3 nitrogen and oxygen atoms in total. The maximum atomic E-state index is 5.74. The number of hydrogen-bond donors (Lipinski definition) is 1. The number of benzene rings is 1. The van der Waals surface area contributed by atoms with Gasteiger partial charge < -0.3 is 10.5 Å². The second-order valence-corrected chi connectivity index (χ2v) is 4.41. The van der Waals surface area contributed by atoms with E-state index in [-0.39, 0.29) is 0 Å². The Hall–Kier alpha value is -0.900. The van der Waals surface area contributed by atoms with E-state index < -0.39 is 0 Å². The monoisotopic (exact) mass is 220 g/mol. The van der Waals surface area contributed by atoms with Gasteiger partial charge in [-0.1, -0.05) is 24.3 Å². The fourth-order valence-electron chi connectivity index (χ4n) is 2.18. The second-order valence-electron chi connectivity index (χ2n) is 4.41. The van der Waals surface area contributed by atoms with Gasteiger partial charge in [0.2, 0.25) is 0 Å². The lowest BCUT2D eigenvalue weighted by Crippen LogP contribution is -2.31. The fraction of sp³-hybridized carbons (Fsp3) is 0.538. The van der Waals surface area contributed by atoms with E-state index in [0.29, 0.717) is 12.6 Å². The average molecular weight is 220 g/mol. The minimum absolute atomic E-state index is 0.561. The van der Waals surface area contributed by atoms with Gasteiger partial charge in [0, 0.05) is 25.7 Å². The number of nitrogens with two attached hydrogens (primary N) is 1. The summed E-state index contributed by atoms with van der Waals surface area (Å²) in [4.78, 5) is 2.36. The van der Waals surface area contributed by atoms with Gasteiger partial charge in [0.1, 0.15) is 0 Å². The summed E-state index contributed by atoms with van der Waals surface area (Å²) in [5, 5.41) is 0. The van der Waals surface area contributed by atoms with Gasteiger partial charge in [-0.2, -0.15) is 0 Å². The van der Waals surface area contributed by atoms with Crippen LogP contribution in [0.2, 0.25) is 0 Å². The van der Waals surface area contributed by atoms with Crippen molar-refractivity contribution in [3.8, 4) is 0 Å². The quantitative estimate of drug-likeness (QED) is 0.833. The molecule has 0 spiro atoms. The largest absolute Gasteiger partial charge is 0.380 e. The van der Waals surface area contributed by atoms with E-state index in [1.807, 2.05) is 6.07 Å². The molecular weight excluding hydrogens is 200 g/mol. The molecule has 1 unspecified atom stereocenters. The lowest BCUT2D eigenvalue weighted by molar-refractivity contribution is 0.156. The zero-order valence-corrected chi connectivity index (χ0v) is 9.86. The van der Waals surface area contributed by atoms with Crippen molar-refractivity contribution in [1.29, 1.82) is 0 Å². The van der Waals surface area contributed by atoms with Crippen molar-refractivity contribution in [2.24, 2.45) is 5.73 Å². The summed E-state index contributed by atoms with van der Waals surface area (Å²) in [6.07, 6.45) is 1.14. The van der Waals surface area contributed by atoms with Crippen LogP contribution in [0.4, 0.5) is 0 Å². The highest BCUT2D eigenvalue weighted by atomic mass is 16.5. The van der Waals surface area contributed by atoms with Crippen LogP contribution in [0.3, 0.4) is 0 Å². The van der Waals surface area contributed by atoms with Gasteiger partial charge >= 0.3 is 0 Å². The van der Waals surface area contributed by atoms with Gasteiger partial charge in [0.15, 0.2) is 0 Å². The summed E-state index contributed by atoms with van der Waals surface area (Å²) in [5.74, 6) is 0. The molecule has 1 aliphatic heterocycles. The van der Waals surface area contributed by atoms with Crippen LogP contribution in [0.15, 0.2) is 24.3 Å². The Morgan fingerprint density at radius 2 is 2.12 bits per heavy atom. The van der Waals surface area contributed by atoms with E-state index >= 15 is 0 Å². The van der Waals surface area contributed by atoms with Crippen LogP contribution < -0.4 is 5.73 Å². The van der Waals surface area contributed by atoms with Gasteiger partial charge in [0.25, 0.3) is 0 Å². The molecule has 1 saturated heterocycles. The smallest absolute Gasteiger partial charge is 0.0622 e. The normalized spacial score (nSPS) is 20.6. The van der Waals surface area contributed by atoms with Gasteiger partial charge in [0.05, 0.1) is 6.61 Å². The van der Waals surface area contributed by atoms with Crippen molar-refractivity contribution in [3.63, 3.8) is 0 Å². The summed E-state index contributed by atoms with van der Waals surface area (Å²) in [6, 6.07) is 8.95. The van der Waals surface area contributed by atoms with Crippen molar-refractivity contribution in [1.82, 2.24) is 4.90 Å². The molecule has 1 aromatic rings. The van der Waals surface area contributed by atoms with Crippen molar-refractivity contribution in [3.05, 3.63) is 35.4 Å². The Kier molecular flexibility index (Phi) is 3.93. The van der Waals surface area contributed by atoms with Crippen molar-refractivity contribution < 1.29 is 4.74 Å². The van der Waals surface area contributed by atoms with Crippen LogP contribution in [0, 0.1) is 0 Å². The molecule has 0 amide bonds. The third-order valence-corrected chi connectivity index (χ3v) is 3.29. The van der Waals surface area contributed by atoms with E-state index in [1.165, 1.54) is 11.1 Å². The number of likely N-dealkylation sites (N-methyl/N-ethyl adjacent to an activating group) is 1. The fourth-order valence-corrected chi connectivity index (χ4v) is 2.18. The molecule has 2 rings (SSSR count). The number of nitrogens with zero attached hydrogens (tertiary/aromatic N) is 1. The van der Waals surface area contributed by atoms with E-state index in [2.05, 4.69) is 30.1 Å². The summed E-state index contributed by atoms with van der Waals surface area (Å²) in [7, 11) is 2.16. The first kappa shape index (κ1) is 11.6. The second kappa shape index (κ2) is 5.43. The first-order chi connectivity index (χ1) is 7.81. The van der Waals surface area contributed by atoms with Crippen LogP contribution in [-0.4, -0.2) is 31.2 Å². The molecule has 1 aliphatic rings. The highest BCUT2D eigenvalue weighted by Crippen LogP contribution is 2.16. The predicted octanol–water partition coefficient (Wildman–Crippen LogP) is 1.37. The minimum atomic E-state index is 0.561. The molecule has 0 radical (unpaired) electrons. The molecule has 1 fully saturated rings. The lowest BCUT2D eigenvalue weighted by Gasteiger charge is -2.23. The third kappa shape index (κ3) is 2.61. The highest BCUT2D eigenvalue weighted by molar-refractivity contribution is 5.26. The molecule has 88 valence electrons. The summed E-state index contributed by atoms with van der Waals surface area (Å²) in [6.45, 7) is 3.33. The number of hydrogen-bond acceptors (Lipinski definition) is 3. The molecule has 0 aromatic heterocycles. The van der Waals surface area contributed by atoms with Crippen LogP contribution >= 0.6 is 0 Å². The summed E-state index contributed by atoms with van der Waals surface area (Å²) >= 11 is 0. The number of ether oxygens (including phenoxy) is 1. The van der Waals surface area contributed by atoms with Crippen LogP contribution in [-0.2, 0) is 17.8 Å². The Bertz CT molecular complexity index is 334. The minimum Gasteiger partial charge on any atom is -0.380 e. The highest BCUT2D eigenvalue weighted by Gasteiger charge is 2.20. The Morgan fingerprint density at radius 1 is 1.38 bits per heavy atom. The van der Waals surface area contributed by atoms with Crippen molar-refractivity contribution >= 4 is 0 Å². The summed E-state index contributed by atoms with van der Waals surface area (Å²) in [5.41, 5.74) is 8.31. The molecule has 3 heteroatoms. The maximum Gasteiger partial charge on any atom is 0.0622 e. The number of rotatable bonds is 4. The van der Waals surface area contributed by atoms with Crippen LogP contribution in [0.25, 0.3) is 0 Å². The van der Waals surface area contributed by atoms with Crippen LogP contribution in [0.5, 0.6) is 0 Å². The Balaban J connectivity index is 2.01. The molecule has 1 aromatic carbocycles. The predicted molar refractivity (Wildman–Crippen MR) is 65.0 cm³/mol. The topological polar surface area (TPSA) is 38.5 Å². The zero-order chi connectivity index (χ0) is 11.4. The van der Waals surface area contributed by atoms with Gasteiger partial charge in [-0.25, -0.2) is 0 Å². The SMILES string of the molecule is CN(Cc1ccccc1CN)C1CCOC1. The van der Waals surface area contributed by atoms with Crippen molar-refractivity contribution in [2.75, 3.05) is 20.3 Å². The molecule has 0 saturated carbocycles. The van der Waals surface area contributed by atoms with E-state index in [4.69, 9.17) is 10.5 Å². The Morgan fingerprint density at radius 3 is 2.75 bits per heavy atom. The zero-order valence-electron chi connectivity index (χ0n) is 9.86. The maximum absolute atomic E-state index is 5.74. The van der Waals surface area contributed by atoms with Crippen molar-refractivity contribution in [2.45, 2.75) is 25.6 Å². The first-order valence-electron chi connectivity index (χ1n) is 5.86. The molecule has 16 heavy (non-hydrogen) atoms. The lowest BCUT2D eigenvalue weighted by atomic mass is 10.1. The van der Waals surface area contributed by atoms with E-state index in [0.717, 1.165) is 26.2 Å². The summed E-state index contributed by atoms with van der Waals surface area (Å²) < 4.78 is 5.41. The molecular formula is C13H20N2O. The molecule has 0 bridgehead atoms.